The van der Waals surface area contributed by atoms with Crippen LogP contribution in [0.3, 0.4) is 0 Å². The Hall–Kier alpha value is -1.40. The van der Waals surface area contributed by atoms with Gasteiger partial charge in [0.1, 0.15) is 5.00 Å². The molecular weight excluding hydrogens is 302 g/mol. The third-order valence-corrected chi connectivity index (χ3v) is 4.79. The Balaban J connectivity index is 1.96. The zero-order valence-electron chi connectivity index (χ0n) is 13.1. The van der Waals surface area contributed by atoms with E-state index in [4.69, 9.17) is 9.47 Å². The summed E-state index contributed by atoms with van der Waals surface area (Å²) in [6.07, 6.45) is 4.26. The second kappa shape index (κ2) is 8.29. The normalized spacial score (nSPS) is 17.5. The second-order valence-electron chi connectivity index (χ2n) is 5.25. The molecule has 0 saturated carbocycles. The smallest absolute Gasteiger partial charge is 0.341 e. The molecule has 1 aliphatic heterocycles. The summed E-state index contributed by atoms with van der Waals surface area (Å²) in [7, 11) is 0. The number of carbonyl (C=O) groups is 2. The summed E-state index contributed by atoms with van der Waals surface area (Å²) in [4.78, 5) is 25.1. The topological polar surface area (TPSA) is 64.6 Å². The largest absolute Gasteiger partial charge is 0.462 e. The highest BCUT2D eigenvalue weighted by molar-refractivity contribution is 7.16. The fraction of sp³-hybridized carbons (Fsp3) is 0.625. The minimum Gasteiger partial charge on any atom is -0.462 e. The van der Waals surface area contributed by atoms with E-state index in [9.17, 15) is 9.59 Å². The van der Waals surface area contributed by atoms with Crippen LogP contribution in [0.1, 0.15) is 54.8 Å². The van der Waals surface area contributed by atoms with Gasteiger partial charge in [0.2, 0.25) is 5.91 Å². The molecule has 0 aliphatic carbocycles. The lowest BCUT2D eigenvalue weighted by Gasteiger charge is -2.09. The van der Waals surface area contributed by atoms with Crippen LogP contribution in [0.2, 0.25) is 0 Å². The van der Waals surface area contributed by atoms with E-state index in [2.05, 4.69) is 5.32 Å². The first kappa shape index (κ1) is 17.0. The lowest BCUT2D eigenvalue weighted by atomic mass is 10.1. The number of amides is 1. The average Bonchev–Trinajstić information content (AvgIpc) is 3.14. The van der Waals surface area contributed by atoms with Crippen LogP contribution in [-0.4, -0.2) is 31.2 Å². The van der Waals surface area contributed by atoms with Crippen molar-refractivity contribution in [3.8, 4) is 0 Å². The fourth-order valence-electron chi connectivity index (χ4n) is 2.42. The Morgan fingerprint density at radius 3 is 2.91 bits per heavy atom. The van der Waals surface area contributed by atoms with Gasteiger partial charge in [0, 0.05) is 17.9 Å². The number of aryl methyl sites for hydroxylation is 1. The van der Waals surface area contributed by atoms with Gasteiger partial charge in [0.05, 0.1) is 18.3 Å². The molecule has 6 heteroatoms. The molecule has 2 heterocycles. The van der Waals surface area contributed by atoms with Crippen molar-refractivity contribution in [2.75, 3.05) is 18.5 Å². The number of anilines is 1. The van der Waals surface area contributed by atoms with E-state index in [1.807, 2.05) is 6.92 Å². The molecule has 0 bridgehead atoms. The zero-order valence-corrected chi connectivity index (χ0v) is 14.0. The van der Waals surface area contributed by atoms with Gasteiger partial charge in [-0.15, -0.1) is 11.3 Å². The molecule has 0 spiro atoms. The number of nitrogens with one attached hydrogen (secondary N) is 1. The monoisotopic (exact) mass is 325 g/mol. The van der Waals surface area contributed by atoms with E-state index in [0.29, 0.717) is 23.6 Å². The molecule has 0 radical (unpaired) electrons. The van der Waals surface area contributed by atoms with E-state index >= 15 is 0 Å². The molecule has 1 unspecified atom stereocenters. The molecule has 1 atom stereocenters. The zero-order chi connectivity index (χ0) is 15.9. The second-order valence-corrected chi connectivity index (χ2v) is 6.39. The lowest BCUT2D eigenvalue weighted by molar-refractivity contribution is -0.116. The number of carbonyl (C=O) groups excluding carboxylic acids is 2. The maximum atomic E-state index is 12.1. The summed E-state index contributed by atoms with van der Waals surface area (Å²) in [6, 6.07) is 1.80. The lowest BCUT2D eigenvalue weighted by Crippen LogP contribution is -2.16. The van der Waals surface area contributed by atoms with Gasteiger partial charge in [-0.05, 0) is 38.7 Å². The first-order valence-corrected chi connectivity index (χ1v) is 8.67. The Bertz CT molecular complexity index is 520. The van der Waals surface area contributed by atoms with Crippen molar-refractivity contribution in [2.24, 2.45) is 0 Å². The Labute approximate surface area is 135 Å². The van der Waals surface area contributed by atoms with Crippen LogP contribution in [0, 0.1) is 0 Å². The van der Waals surface area contributed by atoms with Crippen LogP contribution in [-0.2, 0) is 20.7 Å². The number of hydrogen-bond donors (Lipinski definition) is 1. The van der Waals surface area contributed by atoms with Crippen LogP contribution in [0.15, 0.2) is 6.07 Å². The molecule has 22 heavy (non-hydrogen) atoms. The number of thiophene rings is 1. The Kier molecular flexibility index (Phi) is 6.39. The van der Waals surface area contributed by atoms with Crippen molar-refractivity contribution in [1.29, 1.82) is 0 Å². The molecule has 1 amide bonds. The highest BCUT2D eigenvalue weighted by Crippen LogP contribution is 2.29. The highest BCUT2D eigenvalue weighted by Gasteiger charge is 2.20. The van der Waals surface area contributed by atoms with E-state index in [1.54, 1.807) is 13.0 Å². The summed E-state index contributed by atoms with van der Waals surface area (Å²) in [5, 5.41) is 3.44. The van der Waals surface area contributed by atoms with Gasteiger partial charge in [-0.1, -0.05) is 6.92 Å². The predicted molar refractivity (Wildman–Crippen MR) is 86.5 cm³/mol. The van der Waals surface area contributed by atoms with Crippen molar-refractivity contribution in [2.45, 2.75) is 52.1 Å². The quantitative estimate of drug-likeness (QED) is 0.781. The summed E-state index contributed by atoms with van der Waals surface area (Å²) in [6.45, 7) is 4.90. The summed E-state index contributed by atoms with van der Waals surface area (Å²) < 4.78 is 10.6. The molecule has 1 aromatic heterocycles. The third-order valence-electron chi connectivity index (χ3n) is 3.60. The van der Waals surface area contributed by atoms with E-state index in [0.717, 1.165) is 37.2 Å². The van der Waals surface area contributed by atoms with Crippen LogP contribution >= 0.6 is 11.3 Å². The minimum absolute atomic E-state index is 0.0782. The van der Waals surface area contributed by atoms with E-state index in [-0.39, 0.29) is 18.0 Å². The molecule has 1 saturated heterocycles. The summed E-state index contributed by atoms with van der Waals surface area (Å²) in [5.41, 5.74) is 0.453. The van der Waals surface area contributed by atoms with Gasteiger partial charge < -0.3 is 14.8 Å². The van der Waals surface area contributed by atoms with Crippen LogP contribution in [0.25, 0.3) is 0 Å². The number of rotatable bonds is 7. The fourth-order valence-corrected chi connectivity index (χ4v) is 3.42. The maximum Gasteiger partial charge on any atom is 0.341 e. The van der Waals surface area contributed by atoms with Crippen molar-refractivity contribution in [3.05, 3.63) is 16.5 Å². The average molecular weight is 325 g/mol. The maximum absolute atomic E-state index is 12.1. The van der Waals surface area contributed by atoms with Crippen molar-refractivity contribution >= 4 is 28.2 Å². The van der Waals surface area contributed by atoms with Gasteiger partial charge in [-0.3, -0.25) is 4.79 Å². The van der Waals surface area contributed by atoms with Crippen molar-refractivity contribution < 1.29 is 19.1 Å². The summed E-state index contributed by atoms with van der Waals surface area (Å²) in [5.74, 6) is -0.460. The number of esters is 1. The predicted octanol–water partition coefficient (Wildman–Crippen LogP) is 3.38. The Morgan fingerprint density at radius 2 is 2.27 bits per heavy atom. The van der Waals surface area contributed by atoms with Gasteiger partial charge in [0.25, 0.3) is 0 Å². The SMILES string of the molecule is CCOC(=O)c1cc(CC)sc1NC(=O)CCC1CCCO1. The molecule has 1 aromatic rings. The first-order chi connectivity index (χ1) is 10.6. The highest BCUT2D eigenvalue weighted by atomic mass is 32.1. The van der Waals surface area contributed by atoms with Gasteiger partial charge in [-0.25, -0.2) is 4.79 Å². The molecule has 2 rings (SSSR count). The molecule has 0 aromatic carbocycles. The number of hydrogen-bond acceptors (Lipinski definition) is 5. The third kappa shape index (κ3) is 4.55. The number of ether oxygens (including phenoxy) is 2. The molecule has 122 valence electrons. The van der Waals surface area contributed by atoms with Crippen LogP contribution < -0.4 is 5.32 Å². The van der Waals surface area contributed by atoms with Crippen molar-refractivity contribution in [1.82, 2.24) is 0 Å². The van der Waals surface area contributed by atoms with Gasteiger partial charge >= 0.3 is 5.97 Å². The van der Waals surface area contributed by atoms with Crippen molar-refractivity contribution in [3.63, 3.8) is 0 Å². The molecule has 1 aliphatic rings. The van der Waals surface area contributed by atoms with E-state index < -0.39 is 0 Å². The Morgan fingerprint density at radius 1 is 1.45 bits per heavy atom. The first-order valence-electron chi connectivity index (χ1n) is 7.85. The molecule has 5 nitrogen and oxygen atoms in total. The molecular formula is C16H23NO4S. The summed E-state index contributed by atoms with van der Waals surface area (Å²) >= 11 is 1.44. The molecule has 1 N–H and O–H groups in total. The van der Waals surface area contributed by atoms with Crippen LogP contribution in [0.5, 0.6) is 0 Å². The van der Waals surface area contributed by atoms with Gasteiger partial charge in [-0.2, -0.15) is 0 Å². The minimum atomic E-state index is -0.382. The molecule has 1 fully saturated rings. The van der Waals surface area contributed by atoms with Gasteiger partial charge in [0.15, 0.2) is 0 Å². The van der Waals surface area contributed by atoms with Crippen LogP contribution in [0.4, 0.5) is 5.00 Å². The standard InChI is InChI=1S/C16H23NO4S/c1-3-12-10-13(16(19)20-4-2)15(22-12)17-14(18)8-7-11-6-5-9-21-11/h10-11H,3-9H2,1-2H3,(H,17,18). The van der Waals surface area contributed by atoms with E-state index in [1.165, 1.54) is 11.3 Å².